The lowest BCUT2D eigenvalue weighted by Gasteiger charge is -2.30. The van der Waals surface area contributed by atoms with E-state index in [0.29, 0.717) is 36.4 Å². The zero-order valence-corrected chi connectivity index (χ0v) is 20.5. The number of carbonyl (C=O) groups is 1. The van der Waals surface area contributed by atoms with Crippen molar-refractivity contribution in [2.24, 2.45) is 0 Å². The summed E-state index contributed by atoms with van der Waals surface area (Å²) in [6.45, 7) is 1.43. The molecule has 0 bridgehead atoms. The Hall–Kier alpha value is -3.52. The van der Waals surface area contributed by atoms with Crippen molar-refractivity contribution >= 4 is 5.97 Å². The summed E-state index contributed by atoms with van der Waals surface area (Å²) in [4.78, 5) is 13.4. The number of hydrogen-bond acceptors (Lipinski definition) is 5. The summed E-state index contributed by atoms with van der Waals surface area (Å²) in [6, 6.07) is 17.7. The molecule has 0 amide bonds. The Bertz CT molecular complexity index is 1270. The third-order valence-corrected chi connectivity index (χ3v) is 7.05. The molecule has 0 aromatic heterocycles. The third kappa shape index (κ3) is 5.59. The van der Waals surface area contributed by atoms with Crippen molar-refractivity contribution in [1.82, 2.24) is 4.90 Å². The van der Waals surface area contributed by atoms with Crippen LogP contribution in [0.5, 0.6) is 11.5 Å². The summed E-state index contributed by atoms with van der Waals surface area (Å²) in [7, 11) is 1.29. The van der Waals surface area contributed by atoms with Crippen molar-refractivity contribution in [3.05, 3.63) is 94.0 Å². The number of nitrogens with zero attached hydrogens (tertiary/aromatic N) is 1. The number of hydrogen-bond donors (Lipinski definition) is 0. The minimum atomic E-state index is -4.42. The van der Waals surface area contributed by atoms with Gasteiger partial charge in [0.05, 0.1) is 12.7 Å². The Morgan fingerprint density at radius 3 is 2.43 bits per heavy atom. The van der Waals surface area contributed by atoms with Gasteiger partial charge in [0.2, 0.25) is 0 Å². The quantitative estimate of drug-likeness (QED) is 0.371. The van der Waals surface area contributed by atoms with E-state index in [1.165, 1.54) is 24.3 Å². The first-order valence-electron chi connectivity index (χ1n) is 12.3. The smallest absolute Gasteiger partial charge is 0.416 e. The molecule has 5 nitrogen and oxygen atoms in total. The maximum atomic E-state index is 14.0. The average Bonchev–Trinajstić information content (AvgIpc) is 3.30. The first kappa shape index (κ1) is 25.1. The number of halogens is 3. The Morgan fingerprint density at radius 1 is 0.973 bits per heavy atom. The van der Waals surface area contributed by atoms with Crippen LogP contribution in [0.25, 0.3) is 0 Å². The lowest BCUT2D eigenvalue weighted by Crippen LogP contribution is -2.31. The number of benzene rings is 3. The molecule has 37 heavy (non-hydrogen) atoms. The van der Waals surface area contributed by atoms with E-state index in [-0.39, 0.29) is 19.3 Å². The number of methoxy groups -OCH3 is 1. The van der Waals surface area contributed by atoms with Gasteiger partial charge < -0.3 is 14.2 Å². The molecule has 0 N–H and O–H groups in total. The summed E-state index contributed by atoms with van der Waals surface area (Å²) >= 11 is 0. The van der Waals surface area contributed by atoms with Gasteiger partial charge in [0, 0.05) is 19.6 Å². The van der Waals surface area contributed by atoms with Crippen LogP contribution in [0, 0.1) is 0 Å². The molecule has 0 radical (unpaired) electrons. The Kier molecular flexibility index (Phi) is 7.11. The van der Waals surface area contributed by atoms with Crippen LogP contribution in [0.4, 0.5) is 13.2 Å². The van der Waals surface area contributed by atoms with Gasteiger partial charge in [-0.15, -0.1) is 0 Å². The highest BCUT2D eigenvalue weighted by Crippen LogP contribution is 2.43. The summed E-state index contributed by atoms with van der Waals surface area (Å²) in [6.07, 6.45) is -2.79. The zero-order chi connectivity index (χ0) is 26.0. The topological polar surface area (TPSA) is 48.0 Å². The molecule has 0 spiro atoms. The third-order valence-electron chi connectivity index (χ3n) is 7.05. The molecule has 1 atom stereocenters. The number of alkyl halides is 3. The van der Waals surface area contributed by atoms with Crippen molar-refractivity contribution in [3.8, 4) is 11.5 Å². The molecule has 1 aliphatic carbocycles. The number of esters is 1. The molecule has 1 heterocycles. The maximum Gasteiger partial charge on any atom is 0.416 e. The molecular formula is C29H28F3NO4. The largest absolute Gasteiger partial charge is 0.486 e. The predicted molar refractivity (Wildman–Crippen MR) is 131 cm³/mol. The van der Waals surface area contributed by atoms with Gasteiger partial charge in [0.1, 0.15) is 17.6 Å². The SMILES string of the molecule is COC(=O)COc1ccc(O[C@@H]2CCc3c2ccc(C(F)(F)F)c3CN2CCc3ccccc3C2)cc1. The lowest BCUT2D eigenvalue weighted by molar-refractivity contribution is -0.143. The molecule has 0 unspecified atom stereocenters. The minimum absolute atomic E-state index is 0.195. The number of ether oxygens (including phenoxy) is 3. The van der Waals surface area contributed by atoms with Crippen LogP contribution in [-0.2, 0) is 41.6 Å². The maximum absolute atomic E-state index is 14.0. The van der Waals surface area contributed by atoms with Crippen molar-refractivity contribution in [3.63, 3.8) is 0 Å². The normalized spacial score (nSPS) is 17.1. The zero-order valence-electron chi connectivity index (χ0n) is 20.5. The predicted octanol–water partition coefficient (Wildman–Crippen LogP) is 5.88. The van der Waals surface area contributed by atoms with Crippen LogP contribution in [0.2, 0.25) is 0 Å². The molecule has 194 valence electrons. The molecule has 0 saturated heterocycles. The van der Waals surface area contributed by atoms with Crippen LogP contribution in [0.15, 0.2) is 60.7 Å². The minimum Gasteiger partial charge on any atom is -0.486 e. The molecule has 0 fully saturated rings. The van der Waals surface area contributed by atoms with E-state index < -0.39 is 17.7 Å². The first-order chi connectivity index (χ1) is 17.8. The Balaban J connectivity index is 1.35. The van der Waals surface area contributed by atoms with E-state index in [4.69, 9.17) is 9.47 Å². The van der Waals surface area contributed by atoms with E-state index in [9.17, 15) is 18.0 Å². The first-order valence-corrected chi connectivity index (χ1v) is 12.3. The van der Waals surface area contributed by atoms with Gasteiger partial charge in [-0.05, 0) is 77.4 Å². The average molecular weight is 512 g/mol. The van der Waals surface area contributed by atoms with Crippen LogP contribution in [0.3, 0.4) is 0 Å². The van der Waals surface area contributed by atoms with Crippen LogP contribution in [0.1, 0.15) is 45.9 Å². The molecule has 5 rings (SSSR count). The number of carbonyl (C=O) groups excluding carboxylic acids is 1. The summed E-state index contributed by atoms with van der Waals surface area (Å²) in [5, 5.41) is 0. The molecule has 1 aliphatic heterocycles. The standard InChI is InChI=1S/C29H28F3NO4/c1-35-28(34)18-36-21-6-8-22(9-7-21)37-27-13-11-23-24(27)10-12-26(29(30,31)32)25(23)17-33-15-14-19-4-2-3-5-20(19)16-33/h2-10,12,27H,11,13-18H2,1H3/t27-/m1/s1. The van der Waals surface area contributed by atoms with E-state index in [2.05, 4.69) is 21.8 Å². The van der Waals surface area contributed by atoms with Gasteiger partial charge >= 0.3 is 12.1 Å². The van der Waals surface area contributed by atoms with Crippen molar-refractivity contribution in [2.75, 3.05) is 20.3 Å². The lowest BCUT2D eigenvalue weighted by atomic mass is 9.94. The Labute approximate surface area is 213 Å². The van der Waals surface area contributed by atoms with Crippen LogP contribution < -0.4 is 9.47 Å². The molecule has 3 aromatic carbocycles. The second-order valence-corrected chi connectivity index (χ2v) is 9.37. The van der Waals surface area contributed by atoms with Gasteiger partial charge in [-0.3, -0.25) is 4.90 Å². The number of fused-ring (bicyclic) bond motifs is 2. The van der Waals surface area contributed by atoms with Gasteiger partial charge in [0.15, 0.2) is 6.61 Å². The Morgan fingerprint density at radius 2 is 1.70 bits per heavy atom. The summed E-state index contributed by atoms with van der Waals surface area (Å²) < 4.78 is 58.2. The van der Waals surface area contributed by atoms with Gasteiger partial charge in [-0.1, -0.05) is 30.3 Å². The summed E-state index contributed by atoms with van der Waals surface area (Å²) in [5.41, 5.74) is 3.81. The van der Waals surface area contributed by atoms with E-state index >= 15 is 0 Å². The van der Waals surface area contributed by atoms with Gasteiger partial charge in [-0.2, -0.15) is 13.2 Å². The highest BCUT2D eigenvalue weighted by atomic mass is 19.4. The van der Waals surface area contributed by atoms with Crippen LogP contribution >= 0.6 is 0 Å². The van der Waals surface area contributed by atoms with E-state index in [1.54, 1.807) is 30.3 Å². The fraction of sp³-hybridized carbons (Fsp3) is 0.345. The fourth-order valence-corrected chi connectivity index (χ4v) is 5.20. The molecule has 2 aliphatic rings. The molecular weight excluding hydrogens is 483 g/mol. The van der Waals surface area contributed by atoms with E-state index in [1.807, 2.05) is 12.1 Å². The van der Waals surface area contributed by atoms with Gasteiger partial charge in [0.25, 0.3) is 0 Å². The number of rotatable bonds is 7. The second kappa shape index (κ2) is 10.5. The van der Waals surface area contributed by atoms with Crippen molar-refractivity contribution < 1.29 is 32.2 Å². The highest BCUT2D eigenvalue weighted by molar-refractivity contribution is 5.70. The van der Waals surface area contributed by atoms with Crippen molar-refractivity contribution in [1.29, 1.82) is 0 Å². The summed E-state index contributed by atoms with van der Waals surface area (Å²) in [5.74, 6) is 0.591. The van der Waals surface area contributed by atoms with Crippen molar-refractivity contribution in [2.45, 2.75) is 44.6 Å². The van der Waals surface area contributed by atoms with E-state index in [0.717, 1.165) is 24.1 Å². The monoisotopic (exact) mass is 511 g/mol. The van der Waals surface area contributed by atoms with Crippen LogP contribution in [-0.4, -0.2) is 31.1 Å². The highest BCUT2D eigenvalue weighted by Gasteiger charge is 2.38. The molecule has 3 aromatic rings. The molecule has 8 heteroatoms. The fourth-order valence-electron chi connectivity index (χ4n) is 5.20. The van der Waals surface area contributed by atoms with Gasteiger partial charge in [-0.25, -0.2) is 4.79 Å². The molecule has 0 saturated carbocycles. The second-order valence-electron chi connectivity index (χ2n) is 9.37.